The summed E-state index contributed by atoms with van der Waals surface area (Å²) in [6.45, 7) is 2.09. The normalized spacial score (nSPS) is 11.3. The second-order valence-corrected chi connectivity index (χ2v) is 6.02. The molecule has 0 aliphatic rings. The van der Waals surface area contributed by atoms with Crippen LogP contribution in [0.15, 0.2) is 41.3 Å². The molecular formula is C15H17NaO3S. The van der Waals surface area contributed by atoms with Crippen LogP contribution < -0.4 is 29.6 Å². The first-order valence-electron chi connectivity index (χ1n) is 6.50. The van der Waals surface area contributed by atoms with Gasteiger partial charge in [0, 0.05) is 0 Å². The summed E-state index contributed by atoms with van der Waals surface area (Å²) in [5.74, 6) is 0. The first-order chi connectivity index (χ1) is 9.04. The summed E-state index contributed by atoms with van der Waals surface area (Å²) in [5.41, 5.74) is 0.668. The molecule has 0 unspecified atom stereocenters. The third-order valence-corrected chi connectivity index (χ3v) is 4.22. The van der Waals surface area contributed by atoms with Gasteiger partial charge >= 0.3 is 29.6 Å². The molecule has 0 radical (unpaired) electrons. The van der Waals surface area contributed by atoms with Crippen molar-refractivity contribution in [3.8, 4) is 0 Å². The van der Waals surface area contributed by atoms with Crippen LogP contribution in [-0.4, -0.2) is 13.0 Å². The van der Waals surface area contributed by atoms with Crippen molar-refractivity contribution in [3.63, 3.8) is 0 Å². The maximum Gasteiger partial charge on any atom is 1.00 e. The molecule has 0 aliphatic carbocycles. The Morgan fingerprint density at radius 2 is 1.75 bits per heavy atom. The Morgan fingerprint density at radius 1 is 1.05 bits per heavy atom. The van der Waals surface area contributed by atoms with E-state index in [1.165, 1.54) is 6.07 Å². The van der Waals surface area contributed by atoms with Crippen LogP contribution >= 0.6 is 0 Å². The van der Waals surface area contributed by atoms with E-state index in [1.54, 1.807) is 6.07 Å². The van der Waals surface area contributed by atoms with Crippen molar-refractivity contribution in [1.29, 1.82) is 0 Å². The Kier molecular flexibility index (Phi) is 6.69. The zero-order valence-electron chi connectivity index (χ0n) is 11.9. The Bertz CT molecular complexity index is 681. The van der Waals surface area contributed by atoms with Crippen molar-refractivity contribution in [2.45, 2.75) is 37.5 Å². The van der Waals surface area contributed by atoms with Crippen molar-refractivity contribution in [1.82, 2.24) is 0 Å². The van der Waals surface area contributed by atoms with Gasteiger partial charge in [0.25, 0.3) is 0 Å². The van der Waals surface area contributed by atoms with Gasteiger partial charge in [-0.15, -0.1) is 0 Å². The average molecular weight is 300 g/mol. The van der Waals surface area contributed by atoms with Crippen molar-refractivity contribution in [2.24, 2.45) is 0 Å². The molecule has 0 amide bonds. The van der Waals surface area contributed by atoms with Crippen LogP contribution in [0.25, 0.3) is 10.8 Å². The molecule has 2 aromatic carbocycles. The predicted octanol–water partition coefficient (Wildman–Crippen LogP) is 0.481. The molecule has 0 N–H and O–H groups in total. The quantitative estimate of drug-likeness (QED) is 0.458. The molecule has 0 bridgehead atoms. The van der Waals surface area contributed by atoms with Crippen LogP contribution in [0.2, 0.25) is 0 Å². The molecule has 5 heteroatoms. The Morgan fingerprint density at radius 3 is 2.40 bits per heavy atom. The van der Waals surface area contributed by atoms with Crippen molar-refractivity contribution < 1.29 is 42.5 Å². The molecule has 0 fully saturated rings. The molecule has 0 spiro atoms. The fourth-order valence-corrected chi connectivity index (χ4v) is 3.11. The van der Waals surface area contributed by atoms with E-state index in [-0.39, 0.29) is 34.5 Å². The van der Waals surface area contributed by atoms with Crippen molar-refractivity contribution in [2.75, 3.05) is 0 Å². The third-order valence-electron chi connectivity index (χ3n) is 3.30. The molecule has 0 aromatic heterocycles. The van der Waals surface area contributed by atoms with Crippen LogP contribution in [0.4, 0.5) is 0 Å². The van der Waals surface area contributed by atoms with Crippen LogP contribution in [0, 0.1) is 0 Å². The molecule has 0 saturated heterocycles. The largest absolute Gasteiger partial charge is 1.00 e. The van der Waals surface area contributed by atoms with Crippen molar-refractivity contribution in [3.05, 3.63) is 42.0 Å². The van der Waals surface area contributed by atoms with Crippen LogP contribution in [-0.2, 0) is 16.5 Å². The molecule has 3 nitrogen and oxygen atoms in total. The second-order valence-electron chi connectivity index (χ2n) is 4.67. The number of benzene rings is 2. The number of unbranched alkanes of at least 4 members (excludes halogenated alkanes) is 2. The van der Waals surface area contributed by atoms with Gasteiger partial charge in [-0.3, -0.25) is 0 Å². The van der Waals surface area contributed by atoms with Gasteiger partial charge < -0.3 is 4.55 Å². The first kappa shape index (κ1) is 17.7. The molecular weight excluding hydrogens is 283 g/mol. The topological polar surface area (TPSA) is 57.2 Å². The van der Waals surface area contributed by atoms with Gasteiger partial charge in [-0.2, -0.15) is 0 Å². The summed E-state index contributed by atoms with van der Waals surface area (Å²) in [7, 11) is -4.41. The predicted molar refractivity (Wildman–Crippen MR) is 75.1 cm³/mol. The smallest absolute Gasteiger partial charge is 0.744 e. The van der Waals surface area contributed by atoms with E-state index in [0.717, 1.165) is 30.0 Å². The standard InChI is InChI=1S/C15H18O3S.Na/c1-2-3-4-9-14-13-8-6-5-7-12(13)10-11-15(14)19(16,17)18;/h5-8,10-11H,2-4,9H2,1H3,(H,16,17,18);/q;+1/p-1. The maximum absolute atomic E-state index is 11.4. The van der Waals surface area contributed by atoms with E-state index in [1.807, 2.05) is 24.3 Å². The second kappa shape index (κ2) is 7.57. The van der Waals surface area contributed by atoms with E-state index >= 15 is 0 Å². The monoisotopic (exact) mass is 300 g/mol. The van der Waals surface area contributed by atoms with Gasteiger partial charge in [0.05, 0.1) is 4.90 Å². The minimum atomic E-state index is -4.41. The van der Waals surface area contributed by atoms with E-state index < -0.39 is 10.1 Å². The summed E-state index contributed by atoms with van der Waals surface area (Å²) >= 11 is 0. The van der Waals surface area contributed by atoms with Crippen LogP contribution in [0.5, 0.6) is 0 Å². The molecule has 0 heterocycles. The molecule has 0 atom stereocenters. The fourth-order valence-electron chi connectivity index (χ4n) is 2.36. The minimum Gasteiger partial charge on any atom is -0.744 e. The molecule has 0 saturated carbocycles. The molecule has 2 aromatic rings. The van der Waals surface area contributed by atoms with E-state index in [4.69, 9.17) is 0 Å². The number of fused-ring (bicyclic) bond motifs is 1. The third kappa shape index (κ3) is 4.06. The van der Waals surface area contributed by atoms with Crippen LogP contribution in [0.3, 0.4) is 0 Å². The summed E-state index contributed by atoms with van der Waals surface area (Å²) in [6.07, 6.45) is 3.62. The maximum atomic E-state index is 11.4. The number of hydrogen-bond donors (Lipinski definition) is 0. The zero-order chi connectivity index (χ0) is 13.9. The number of rotatable bonds is 5. The van der Waals surface area contributed by atoms with Crippen LogP contribution in [0.1, 0.15) is 31.7 Å². The SMILES string of the molecule is CCCCCc1c(S(=O)(=O)[O-])ccc2ccccc12.[Na+]. The minimum absolute atomic E-state index is 0. The summed E-state index contributed by atoms with van der Waals surface area (Å²) < 4.78 is 34.1. The Balaban J connectivity index is 0.00000200. The molecule has 102 valence electrons. The summed E-state index contributed by atoms with van der Waals surface area (Å²) in [4.78, 5) is -0.0673. The average Bonchev–Trinajstić information content (AvgIpc) is 2.37. The van der Waals surface area contributed by atoms with Gasteiger partial charge in [0.1, 0.15) is 10.1 Å². The summed E-state index contributed by atoms with van der Waals surface area (Å²) in [6, 6.07) is 10.7. The van der Waals surface area contributed by atoms with Gasteiger partial charge in [-0.1, -0.05) is 50.1 Å². The molecule has 20 heavy (non-hydrogen) atoms. The molecule has 0 aliphatic heterocycles. The summed E-state index contributed by atoms with van der Waals surface area (Å²) in [5, 5.41) is 1.84. The number of hydrogen-bond acceptors (Lipinski definition) is 3. The Labute approximate surface area is 142 Å². The first-order valence-corrected chi connectivity index (χ1v) is 7.91. The van der Waals surface area contributed by atoms with E-state index in [9.17, 15) is 13.0 Å². The van der Waals surface area contributed by atoms with E-state index in [0.29, 0.717) is 12.0 Å². The van der Waals surface area contributed by atoms with Gasteiger partial charge in [0.15, 0.2) is 0 Å². The Hall–Kier alpha value is -0.390. The van der Waals surface area contributed by atoms with Crippen molar-refractivity contribution >= 4 is 20.9 Å². The number of aryl methyl sites for hydroxylation is 1. The van der Waals surface area contributed by atoms with E-state index in [2.05, 4.69) is 6.92 Å². The van der Waals surface area contributed by atoms with Gasteiger partial charge in [-0.25, -0.2) is 8.42 Å². The van der Waals surface area contributed by atoms with Gasteiger partial charge in [0.2, 0.25) is 0 Å². The van der Waals surface area contributed by atoms with Gasteiger partial charge in [-0.05, 0) is 35.2 Å². The molecule has 2 rings (SSSR count). The zero-order valence-corrected chi connectivity index (χ0v) is 14.7. The fraction of sp³-hybridized carbons (Fsp3) is 0.333.